The summed E-state index contributed by atoms with van der Waals surface area (Å²) in [5.41, 5.74) is 2.59. The summed E-state index contributed by atoms with van der Waals surface area (Å²) >= 11 is 0. The molecule has 0 saturated heterocycles. The smallest absolute Gasteiger partial charge is 0.127 e. The lowest BCUT2D eigenvalue weighted by Gasteiger charge is -2.06. The molecule has 0 fully saturated rings. The molecule has 0 aromatic heterocycles. The second kappa shape index (κ2) is 1.67. The predicted molar refractivity (Wildman–Crippen MR) is 21.4 cm³/mol. The van der Waals surface area contributed by atoms with Gasteiger partial charge in [0, 0.05) is 6.20 Å². The summed E-state index contributed by atoms with van der Waals surface area (Å²) in [4.78, 5) is 4.58. The molecular formula is C3H6N2O. The number of hydroxylamine groups is 1. The zero-order chi connectivity index (χ0) is 4.24. The molecule has 0 unspecified atom stereocenters. The monoisotopic (exact) mass is 86.0 g/mol. The highest BCUT2D eigenvalue weighted by Gasteiger charge is 1.81. The summed E-state index contributed by atoms with van der Waals surface area (Å²) in [5.74, 6) is 0. The van der Waals surface area contributed by atoms with Gasteiger partial charge in [0.25, 0.3) is 0 Å². The van der Waals surface area contributed by atoms with E-state index in [0.717, 1.165) is 0 Å². The molecule has 1 aliphatic rings. The van der Waals surface area contributed by atoms with E-state index in [9.17, 15) is 0 Å². The van der Waals surface area contributed by atoms with Crippen molar-refractivity contribution in [2.24, 2.45) is 0 Å². The van der Waals surface area contributed by atoms with Crippen molar-refractivity contribution >= 4 is 0 Å². The molecule has 3 nitrogen and oxygen atoms in total. The van der Waals surface area contributed by atoms with Crippen molar-refractivity contribution < 1.29 is 4.84 Å². The molecule has 0 amide bonds. The molecule has 0 atom stereocenters. The maximum Gasteiger partial charge on any atom is 0.127 e. The summed E-state index contributed by atoms with van der Waals surface area (Å²) in [7, 11) is 0. The molecule has 2 N–H and O–H groups in total. The van der Waals surface area contributed by atoms with Gasteiger partial charge in [-0.15, -0.1) is 5.48 Å². The molecule has 3 heteroatoms. The van der Waals surface area contributed by atoms with Gasteiger partial charge in [0.1, 0.15) is 6.26 Å². The Kier molecular flexibility index (Phi) is 0.969. The van der Waals surface area contributed by atoms with Gasteiger partial charge < -0.3 is 10.2 Å². The number of hydrogen-bond donors (Lipinski definition) is 2. The quantitative estimate of drug-likeness (QED) is 0.418. The van der Waals surface area contributed by atoms with E-state index in [2.05, 4.69) is 15.6 Å². The van der Waals surface area contributed by atoms with Crippen LogP contribution < -0.4 is 10.8 Å². The highest BCUT2D eigenvalue weighted by molar-refractivity contribution is 4.70. The van der Waals surface area contributed by atoms with Gasteiger partial charge in [0.2, 0.25) is 0 Å². The molecule has 0 aromatic rings. The molecule has 1 aliphatic heterocycles. The molecule has 0 aromatic carbocycles. The minimum atomic E-state index is 0.691. The molecule has 1 rings (SSSR count). The number of nitrogens with one attached hydrogen (secondary N) is 2. The van der Waals surface area contributed by atoms with Gasteiger partial charge in [0.15, 0.2) is 0 Å². The molecule has 0 bridgehead atoms. The van der Waals surface area contributed by atoms with E-state index in [0.29, 0.717) is 6.67 Å². The fourth-order valence-electron chi connectivity index (χ4n) is 0.273. The number of hydrogen-bond acceptors (Lipinski definition) is 3. The Morgan fingerprint density at radius 1 is 1.67 bits per heavy atom. The van der Waals surface area contributed by atoms with Gasteiger partial charge >= 0.3 is 0 Å². The van der Waals surface area contributed by atoms with Crippen molar-refractivity contribution in [2.45, 2.75) is 0 Å². The SMILES string of the molecule is C1=CONCN1. The van der Waals surface area contributed by atoms with Crippen LogP contribution in [0.5, 0.6) is 0 Å². The van der Waals surface area contributed by atoms with Crippen LogP contribution in [0.2, 0.25) is 0 Å². The Bertz CT molecular complexity index is 53.8. The van der Waals surface area contributed by atoms with Crippen LogP contribution in [0.3, 0.4) is 0 Å². The normalized spacial score (nSPS) is 18.7. The van der Waals surface area contributed by atoms with Gasteiger partial charge in [-0.2, -0.15) is 0 Å². The van der Waals surface area contributed by atoms with Crippen LogP contribution in [0.4, 0.5) is 0 Å². The first-order chi connectivity index (χ1) is 3.00. The Balaban J connectivity index is 2.26. The van der Waals surface area contributed by atoms with Gasteiger partial charge in [-0.05, 0) is 0 Å². The van der Waals surface area contributed by atoms with Crippen molar-refractivity contribution in [3.05, 3.63) is 12.5 Å². The lowest BCUT2D eigenvalue weighted by molar-refractivity contribution is 0.116. The number of rotatable bonds is 0. The largest absolute Gasteiger partial charge is 0.413 e. The van der Waals surface area contributed by atoms with Crippen LogP contribution >= 0.6 is 0 Å². The first-order valence-corrected chi connectivity index (χ1v) is 1.77. The molecule has 0 saturated carbocycles. The highest BCUT2D eigenvalue weighted by atomic mass is 16.6. The zero-order valence-electron chi connectivity index (χ0n) is 3.27. The van der Waals surface area contributed by atoms with Gasteiger partial charge in [-0.1, -0.05) is 0 Å². The molecule has 6 heavy (non-hydrogen) atoms. The third-order valence-corrected chi connectivity index (χ3v) is 0.511. The Morgan fingerprint density at radius 2 is 2.67 bits per heavy atom. The van der Waals surface area contributed by atoms with Crippen molar-refractivity contribution in [3.63, 3.8) is 0 Å². The molecule has 0 radical (unpaired) electrons. The van der Waals surface area contributed by atoms with Crippen LogP contribution in [-0.4, -0.2) is 6.67 Å². The third-order valence-electron chi connectivity index (χ3n) is 0.511. The molecule has 34 valence electrons. The zero-order valence-corrected chi connectivity index (χ0v) is 3.27. The summed E-state index contributed by atoms with van der Waals surface area (Å²) in [5, 5.41) is 2.87. The van der Waals surface area contributed by atoms with Crippen molar-refractivity contribution in [3.8, 4) is 0 Å². The van der Waals surface area contributed by atoms with E-state index in [1.807, 2.05) is 0 Å². The second-order valence-corrected chi connectivity index (χ2v) is 0.946. The second-order valence-electron chi connectivity index (χ2n) is 0.946. The minimum Gasteiger partial charge on any atom is -0.413 e. The summed E-state index contributed by atoms with van der Waals surface area (Å²) < 4.78 is 0. The van der Waals surface area contributed by atoms with Crippen molar-refractivity contribution in [1.29, 1.82) is 0 Å². The van der Waals surface area contributed by atoms with E-state index in [1.165, 1.54) is 0 Å². The Morgan fingerprint density at radius 3 is 2.83 bits per heavy atom. The van der Waals surface area contributed by atoms with Crippen LogP contribution in [0.1, 0.15) is 0 Å². The lowest BCUT2D eigenvalue weighted by atomic mass is 10.9. The molecule has 0 spiro atoms. The van der Waals surface area contributed by atoms with E-state index < -0.39 is 0 Å². The van der Waals surface area contributed by atoms with Crippen molar-refractivity contribution in [2.75, 3.05) is 6.67 Å². The maximum atomic E-state index is 4.58. The minimum absolute atomic E-state index is 0.691. The van der Waals surface area contributed by atoms with Gasteiger partial charge in [-0.25, -0.2) is 0 Å². The summed E-state index contributed by atoms with van der Waals surface area (Å²) in [6, 6.07) is 0. The molecule has 1 heterocycles. The van der Waals surface area contributed by atoms with E-state index in [-0.39, 0.29) is 0 Å². The van der Waals surface area contributed by atoms with Crippen molar-refractivity contribution in [1.82, 2.24) is 10.8 Å². The summed E-state index contributed by atoms with van der Waals surface area (Å²) in [6.45, 7) is 0.691. The average Bonchev–Trinajstić information content (AvgIpc) is 1.72. The fraction of sp³-hybridized carbons (Fsp3) is 0.333. The van der Waals surface area contributed by atoms with Crippen LogP contribution in [0, 0.1) is 0 Å². The predicted octanol–water partition coefficient (Wildman–Crippen LogP) is -0.461. The topological polar surface area (TPSA) is 33.3 Å². The molecule has 0 aliphatic carbocycles. The van der Waals surface area contributed by atoms with E-state index >= 15 is 0 Å². The first kappa shape index (κ1) is 3.49. The van der Waals surface area contributed by atoms with Crippen LogP contribution in [-0.2, 0) is 4.84 Å². The van der Waals surface area contributed by atoms with Crippen LogP contribution in [0.25, 0.3) is 0 Å². The highest BCUT2D eigenvalue weighted by Crippen LogP contribution is 1.71. The van der Waals surface area contributed by atoms with Crippen LogP contribution in [0.15, 0.2) is 12.5 Å². The third kappa shape index (κ3) is 0.621. The fourth-order valence-corrected chi connectivity index (χ4v) is 0.273. The average molecular weight is 86.1 g/mol. The maximum absolute atomic E-state index is 4.58. The summed E-state index contributed by atoms with van der Waals surface area (Å²) in [6.07, 6.45) is 3.28. The van der Waals surface area contributed by atoms with Gasteiger partial charge in [-0.3, -0.25) is 0 Å². The standard InChI is InChI=1S/C3H6N2O/c1-2-6-5-3-4-1/h1-2,4-5H,3H2. The van der Waals surface area contributed by atoms with E-state index in [1.54, 1.807) is 12.5 Å². The Hall–Kier alpha value is -0.700. The van der Waals surface area contributed by atoms with Gasteiger partial charge in [0.05, 0.1) is 6.67 Å². The first-order valence-electron chi connectivity index (χ1n) is 1.77. The Labute approximate surface area is 35.9 Å². The van der Waals surface area contributed by atoms with E-state index in [4.69, 9.17) is 0 Å². The lowest BCUT2D eigenvalue weighted by Crippen LogP contribution is -2.27. The molecular weight excluding hydrogens is 80.0 g/mol.